The number of methoxy groups -OCH3 is 1. The van der Waals surface area contributed by atoms with Crippen molar-refractivity contribution < 1.29 is 27.8 Å². The van der Waals surface area contributed by atoms with Crippen LogP contribution in [0.25, 0.3) is 0 Å². The number of aliphatic carboxylic acids is 1. The normalized spacial score (nSPS) is 21.4. The fourth-order valence-corrected chi connectivity index (χ4v) is 3.34. The van der Waals surface area contributed by atoms with Crippen LogP contribution in [-0.4, -0.2) is 69.6 Å². The quantitative estimate of drug-likeness (QED) is 0.622. The topological polar surface area (TPSA) is 93.1 Å². The Hall–Kier alpha value is -0.700. The fourth-order valence-electron chi connectivity index (χ4n) is 1.93. The van der Waals surface area contributed by atoms with Crippen molar-refractivity contribution in [2.24, 2.45) is 5.92 Å². The molecule has 1 aliphatic heterocycles. The summed E-state index contributed by atoms with van der Waals surface area (Å²) in [6, 6.07) is 0. The Morgan fingerprint density at radius 2 is 2.11 bits per heavy atom. The molecule has 1 aliphatic rings. The molecule has 112 valence electrons. The molecule has 1 N–H and O–H groups in total. The first kappa shape index (κ1) is 16.4. The first-order valence-corrected chi connectivity index (χ1v) is 7.85. The van der Waals surface area contributed by atoms with E-state index in [0.29, 0.717) is 32.6 Å². The van der Waals surface area contributed by atoms with Crippen molar-refractivity contribution >= 4 is 16.0 Å². The van der Waals surface area contributed by atoms with E-state index in [1.54, 1.807) is 7.11 Å². The third kappa shape index (κ3) is 5.43. The van der Waals surface area contributed by atoms with E-state index in [4.69, 9.17) is 14.6 Å². The standard InChI is InChI=1S/C11H21NO6S/c1-17-5-6-18-7-8-19(15,16)12-4-2-3-10(9-12)11(13)14/h10H,2-9H2,1H3,(H,13,14). The lowest BCUT2D eigenvalue weighted by atomic mass is 10.0. The van der Waals surface area contributed by atoms with Gasteiger partial charge in [0, 0.05) is 20.2 Å². The number of rotatable bonds is 8. The average molecular weight is 295 g/mol. The van der Waals surface area contributed by atoms with E-state index in [2.05, 4.69) is 0 Å². The van der Waals surface area contributed by atoms with Crippen LogP contribution in [0.2, 0.25) is 0 Å². The molecule has 1 heterocycles. The van der Waals surface area contributed by atoms with E-state index in [1.165, 1.54) is 4.31 Å². The minimum absolute atomic E-state index is 0.0652. The van der Waals surface area contributed by atoms with Crippen molar-refractivity contribution in [3.05, 3.63) is 0 Å². The van der Waals surface area contributed by atoms with Crippen LogP contribution in [0.15, 0.2) is 0 Å². The van der Waals surface area contributed by atoms with Gasteiger partial charge in [0.05, 0.1) is 31.5 Å². The number of hydrogen-bond acceptors (Lipinski definition) is 5. The van der Waals surface area contributed by atoms with Crippen LogP contribution in [0.1, 0.15) is 12.8 Å². The largest absolute Gasteiger partial charge is 0.481 e. The van der Waals surface area contributed by atoms with Gasteiger partial charge in [-0.1, -0.05) is 0 Å². The zero-order valence-corrected chi connectivity index (χ0v) is 11.9. The lowest BCUT2D eigenvalue weighted by Gasteiger charge is -2.29. The summed E-state index contributed by atoms with van der Waals surface area (Å²) in [4.78, 5) is 10.9. The number of nitrogens with zero attached hydrogens (tertiary/aromatic N) is 1. The monoisotopic (exact) mass is 295 g/mol. The maximum atomic E-state index is 12.0. The van der Waals surface area contributed by atoms with Crippen LogP contribution in [0.5, 0.6) is 0 Å². The molecular weight excluding hydrogens is 274 g/mol. The number of carboxylic acids is 1. The molecular formula is C11H21NO6S. The second kappa shape index (κ2) is 7.78. The van der Waals surface area contributed by atoms with E-state index in [9.17, 15) is 13.2 Å². The van der Waals surface area contributed by atoms with Crippen LogP contribution < -0.4 is 0 Å². The summed E-state index contributed by atoms with van der Waals surface area (Å²) in [7, 11) is -1.89. The lowest BCUT2D eigenvalue weighted by Crippen LogP contribution is -2.43. The number of carbonyl (C=O) groups is 1. The molecule has 1 rings (SSSR count). The molecule has 1 saturated heterocycles. The van der Waals surface area contributed by atoms with E-state index >= 15 is 0 Å². The highest BCUT2D eigenvalue weighted by atomic mass is 32.2. The molecule has 0 aromatic carbocycles. The van der Waals surface area contributed by atoms with Crippen molar-refractivity contribution in [1.29, 1.82) is 0 Å². The molecule has 8 heteroatoms. The molecule has 19 heavy (non-hydrogen) atoms. The minimum atomic E-state index is -3.43. The molecule has 0 aromatic rings. The van der Waals surface area contributed by atoms with Gasteiger partial charge in [-0.15, -0.1) is 0 Å². The Morgan fingerprint density at radius 1 is 1.37 bits per heavy atom. The number of ether oxygens (including phenoxy) is 2. The highest BCUT2D eigenvalue weighted by Gasteiger charge is 2.31. The second-order valence-corrected chi connectivity index (χ2v) is 6.55. The third-order valence-corrected chi connectivity index (χ3v) is 4.85. The molecule has 0 saturated carbocycles. The number of carboxylic acid groups (broad SMARTS) is 1. The Morgan fingerprint density at radius 3 is 2.74 bits per heavy atom. The van der Waals surface area contributed by atoms with Gasteiger partial charge in [-0.3, -0.25) is 4.79 Å². The van der Waals surface area contributed by atoms with Gasteiger partial charge in [0.1, 0.15) is 0 Å². The van der Waals surface area contributed by atoms with Crippen LogP contribution in [-0.2, 0) is 24.3 Å². The van der Waals surface area contributed by atoms with Gasteiger partial charge in [0.25, 0.3) is 0 Å². The average Bonchev–Trinajstić information content (AvgIpc) is 2.38. The van der Waals surface area contributed by atoms with Crippen LogP contribution >= 0.6 is 0 Å². The summed E-state index contributed by atoms with van der Waals surface area (Å²) in [6.07, 6.45) is 1.12. The van der Waals surface area contributed by atoms with Crippen molar-refractivity contribution in [3.8, 4) is 0 Å². The first-order chi connectivity index (χ1) is 8.97. The van der Waals surface area contributed by atoms with E-state index < -0.39 is 21.9 Å². The van der Waals surface area contributed by atoms with Gasteiger partial charge in [-0.05, 0) is 12.8 Å². The molecule has 0 aliphatic carbocycles. The summed E-state index contributed by atoms with van der Waals surface area (Å²) < 4.78 is 35.2. The fraction of sp³-hybridized carbons (Fsp3) is 0.909. The maximum absolute atomic E-state index is 12.0. The van der Waals surface area contributed by atoms with Gasteiger partial charge in [0.15, 0.2) is 0 Å². The first-order valence-electron chi connectivity index (χ1n) is 6.24. The minimum Gasteiger partial charge on any atom is -0.481 e. The van der Waals surface area contributed by atoms with Crippen molar-refractivity contribution in [3.63, 3.8) is 0 Å². The van der Waals surface area contributed by atoms with E-state index in [-0.39, 0.29) is 18.9 Å². The summed E-state index contributed by atoms with van der Waals surface area (Å²) in [5.74, 6) is -1.66. The van der Waals surface area contributed by atoms with Crippen molar-refractivity contribution in [1.82, 2.24) is 4.31 Å². The van der Waals surface area contributed by atoms with E-state index in [0.717, 1.165) is 0 Å². The van der Waals surface area contributed by atoms with Gasteiger partial charge < -0.3 is 14.6 Å². The second-order valence-electron chi connectivity index (χ2n) is 4.46. The molecule has 0 radical (unpaired) electrons. The Bertz CT molecular complexity index is 383. The highest BCUT2D eigenvalue weighted by molar-refractivity contribution is 7.89. The molecule has 1 unspecified atom stereocenters. The summed E-state index contributed by atoms with van der Waals surface area (Å²) in [6.45, 7) is 1.33. The highest BCUT2D eigenvalue weighted by Crippen LogP contribution is 2.19. The molecule has 1 fully saturated rings. The smallest absolute Gasteiger partial charge is 0.307 e. The Labute approximate surface area is 113 Å². The summed E-state index contributed by atoms with van der Waals surface area (Å²) in [5, 5.41) is 8.93. The zero-order chi connectivity index (χ0) is 14.3. The molecule has 1 atom stereocenters. The van der Waals surface area contributed by atoms with Crippen molar-refractivity contribution in [2.45, 2.75) is 12.8 Å². The zero-order valence-electron chi connectivity index (χ0n) is 11.1. The Kier molecular flexibility index (Phi) is 6.70. The molecule has 7 nitrogen and oxygen atoms in total. The van der Waals surface area contributed by atoms with Gasteiger partial charge in [-0.25, -0.2) is 12.7 Å². The predicted octanol–water partition coefficient (Wildman–Crippen LogP) is -0.224. The number of piperidine rings is 1. The molecule has 0 amide bonds. The molecule has 0 aromatic heterocycles. The summed E-state index contributed by atoms with van der Waals surface area (Å²) in [5.41, 5.74) is 0. The predicted molar refractivity (Wildman–Crippen MR) is 68.4 cm³/mol. The van der Waals surface area contributed by atoms with Crippen LogP contribution in [0, 0.1) is 5.92 Å². The molecule has 0 spiro atoms. The van der Waals surface area contributed by atoms with Crippen LogP contribution in [0.3, 0.4) is 0 Å². The lowest BCUT2D eigenvalue weighted by molar-refractivity contribution is -0.142. The maximum Gasteiger partial charge on any atom is 0.307 e. The van der Waals surface area contributed by atoms with Crippen molar-refractivity contribution in [2.75, 3.05) is 45.8 Å². The number of sulfonamides is 1. The molecule has 0 bridgehead atoms. The van der Waals surface area contributed by atoms with Gasteiger partial charge >= 0.3 is 5.97 Å². The van der Waals surface area contributed by atoms with Gasteiger partial charge in [-0.2, -0.15) is 0 Å². The summed E-state index contributed by atoms with van der Waals surface area (Å²) >= 11 is 0. The third-order valence-electron chi connectivity index (χ3n) is 3.04. The van der Waals surface area contributed by atoms with E-state index in [1.807, 2.05) is 0 Å². The Balaban J connectivity index is 2.41. The number of hydrogen-bond donors (Lipinski definition) is 1. The van der Waals surface area contributed by atoms with Crippen LogP contribution in [0.4, 0.5) is 0 Å². The van der Waals surface area contributed by atoms with Gasteiger partial charge in [0.2, 0.25) is 10.0 Å². The SMILES string of the molecule is COCCOCCS(=O)(=O)N1CCCC(C(=O)O)C1.